The van der Waals surface area contributed by atoms with Gasteiger partial charge in [-0.1, -0.05) is 0 Å². The van der Waals surface area contributed by atoms with Crippen molar-refractivity contribution in [2.45, 2.75) is 30.9 Å². The molecule has 0 aliphatic carbocycles. The Kier molecular flexibility index (Phi) is 2.96. The summed E-state index contributed by atoms with van der Waals surface area (Å²) < 4.78 is 20.6. The van der Waals surface area contributed by atoms with E-state index >= 15 is 0 Å². The Morgan fingerprint density at radius 1 is 1.76 bits per heavy atom. The molecule has 0 amide bonds. The van der Waals surface area contributed by atoms with Crippen molar-refractivity contribution in [1.82, 2.24) is 9.55 Å². The summed E-state index contributed by atoms with van der Waals surface area (Å²) in [6.07, 6.45) is -1.33. The van der Waals surface area contributed by atoms with Gasteiger partial charge < -0.3 is 9.84 Å². The molecule has 2 N–H and O–H groups in total. The second-order valence-corrected chi connectivity index (χ2v) is 4.45. The van der Waals surface area contributed by atoms with Gasteiger partial charge in [-0.25, -0.2) is 4.39 Å². The Morgan fingerprint density at radius 2 is 2.41 bits per heavy atom. The molecule has 1 aliphatic heterocycles. The molecule has 2 rings (SSSR count). The Bertz CT molecular complexity index is 544. The molecule has 90 valence electrons. The summed E-state index contributed by atoms with van der Waals surface area (Å²) in [5.41, 5.74) is -2.48. The summed E-state index contributed by atoms with van der Waals surface area (Å²) in [5.74, 6) is 0. The zero-order chi connectivity index (χ0) is 12.8. The van der Waals surface area contributed by atoms with Crippen molar-refractivity contribution in [2.75, 3.05) is 0 Å². The zero-order valence-electron chi connectivity index (χ0n) is 8.96. The predicted molar refractivity (Wildman–Crippen MR) is 61.1 cm³/mol. The standard InChI is InChI=1S/C9H10BFN2O3S/c1-9(11)5(15)6(10)16-7(9)13-3-2-4(14)12-8(13)17/h2-3,5-7,15H,1H3,(H,12,14,17). The predicted octanol–water partition coefficient (Wildman–Crippen LogP) is 0.0184. The number of halogens is 1. The van der Waals surface area contributed by atoms with Crippen LogP contribution in [-0.2, 0) is 4.74 Å². The van der Waals surface area contributed by atoms with Crippen molar-refractivity contribution in [3.05, 3.63) is 27.4 Å². The van der Waals surface area contributed by atoms with Crippen LogP contribution in [0.4, 0.5) is 4.39 Å². The molecule has 0 bridgehead atoms. The van der Waals surface area contributed by atoms with Gasteiger partial charge >= 0.3 is 0 Å². The number of aromatic nitrogens is 2. The quantitative estimate of drug-likeness (QED) is 0.549. The molecule has 0 aromatic carbocycles. The zero-order valence-corrected chi connectivity index (χ0v) is 9.78. The van der Waals surface area contributed by atoms with E-state index in [1.54, 1.807) is 0 Å². The van der Waals surface area contributed by atoms with Crippen LogP contribution >= 0.6 is 12.2 Å². The molecule has 17 heavy (non-hydrogen) atoms. The average Bonchev–Trinajstić information content (AvgIpc) is 2.43. The van der Waals surface area contributed by atoms with E-state index in [1.165, 1.54) is 23.8 Å². The molecule has 4 atom stereocenters. The smallest absolute Gasteiger partial charge is 0.251 e. The van der Waals surface area contributed by atoms with Crippen LogP contribution in [0.15, 0.2) is 17.1 Å². The number of hydrogen-bond donors (Lipinski definition) is 2. The van der Waals surface area contributed by atoms with Crippen LogP contribution in [0.1, 0.15) is 13.2 Å². The van der Waals surface area contributed by atoms with Gasteiger partial charge in [-0.2, -0.15) is 0 Å². The number of nitrogens with one attached hydrogen (secondary N) is 1. The highest BCUT2D eigenvalue weighted by molar-refractivity contribution is 7.71. The third kappa shape index (κ3) is 1.96. The van der Waals surface area contributed by atoms with Crippen molar-refractivity contribution in [1.29, 1.82) is 0 Å². The minimum Gasteiger partial charge on any atom is -0.388 e. The van der Waals surface area contributed by atoms with Gasteiger partial charge in [-0.05, 0) is 19.1 Å². The van der Waals surface area contributed by atoms with E-state index in [1.807, 2.05) is 0 Å². The van der Waals surface area contributed by atoms with Crippen LogP contribution in [0.2, 0.25) is 0 Å². The van der Waals surface area contributed by atoms with E-state index in [9.17, 15) is 14.3 Å². The number of ether oxygens (including phenoxy) is 1. The van der Waals surface area contributed by atoms with Crippen LogP contribution in [0, 0.1) is 4.77 Å². The Balaban J connectivity index is 2.48. The van der Waals surface area contributed by atoms with Gasteiger partial charge in [-0.15, -0.1) is 0 Å². The van der Waals surface area contributed by atoms with E-state index < -0.39 is 29.6 Å². The second kappa shape index (κ2) is 4.04. The van der Waals surface area contributed by atoms with E-state index in [2.05, 4.69) is 4.98 Å². The van der Waals surface area contributed by atoms with Gasteiger partial charge in [0.25, 0.3) is 5.56 Å². The van der Waals surface area contributed by atoms with Crippen molar-refractivity contribution >= 4 is 20.1 Å². The molecule has 5 nitrogen and oxygen atoms in total. The summed E-state index contributed by atoms with van der Waals surface area (Å²) in [5, 5.41) is 9.56. The number of nitrogens with zero attached hydrogens (tertiary/aromatic N) is 1. The largest absolute Gasteiger partial charge is 0.388 e. The second-order valence-electron chi connectivity index (χ2n) is 4.07. The van der Waals surface area contributed by atoms with E-state index in [0.29, 0.717) is 0 Å². The number of aromatic amines is 1. The molecule has 1 aliphatic rings. The minimum atomic E-state index is -2.09. The lowest BCUT2D eigenvalue weighted by molar-refractivity contribution is -0.0402. The molecule has 1 aromatic rings. The van der Waals surface area contributed by atoms with Crippen LogP contribution in [0.3, 0.4) is 0 Å². The molecule has 1 aromatic heterocycles. The Labute approximate surface area is 103 Å². The van der Waals surface area contributed by atoms with E-state index in [0.717, 1.165) is 0 Å². The fourth-order valence-corrected chi connectivity index (χ4v) is 2.03. The summed E-state index contributed by atoms with van der Waals surface area (Å²) in [6, 6.07) is 0.0506. The molecular formula is C9H10BFN2O3S. The average molecular weight is 256 g/mol. The van der Waals surface area contributed by atoms with Crippen LogP contribution in [0.5, 0.6) is 0 Å². The fourth-order valence-electron chi connectivity index (χ4n) is 1.77. The van der Waals surface area contributed by atoms with Crippen LogP contribution in [-0.4, -0.2) is 40.3 Å². The summed E-state index contributed by atoms with van der Waals surface area (Å²) in [4.78, 5) is 13.3. The van der Waals surface area contributed by atoms with Gasteiger partial charge in [-0.3, -0.25) is 14.3 Å². The highest BCUT2D eigenvalue weighted by atomic mass is 32.1. The Hall–Kier alpha value is -0.985. The molecule has 8 heteroatoms. The van der Waals surface area contributed by atoms with Gasteiger partial charge in [0, 0.05) is 18.3 Å². The third-order valence-corrected chi connectivity index (χ3v) is 3.08. The Morgan fingerprint density at radius 3 is 2.88 bits per heavy atom. The third-order valence-electron chi connectivity index (χ3n) is 2.76. The van der Waals surface area contributed by atoms with Crippen molar-refractivity contribution in [2.24, 2.45) is 0 Å². The first-order valence-electron chi connectivity index (χ1n) is 4.93. The monoisotopic (exact) mass is 256 g/mol. The SMILES string of the molecule is [B]C1OC(n2ccc(=O)[nH]c2=S)C(C)(F)C1O. The van der Waals surface area contributed by atoms with Crippen molar-refractivity contribution in [3.63, 3.8) is 0 Å². The molecule has 1 fully saturated rings. The van der Waals surface area contributed by atoms with Gasteiger partial charge in [0.05, 0.1) is 0 Å². The first-order valence-corrected chi connectivity index (χ1v) is 5.34. The first-order chi connectivity index (χ1) is 7.84. The number of aliphatic hydroxyl groups is 1. The first kappa shape index (κ1) is 12.5. The van der Waals surface area contributed by atoms with Gasteiger partial charge in [0.1, 0.15) is 14.0 Å². The fraction of sp³-hybridized carbons (Fsp3) is 0.556. The normalized spacial score (nSPS) is 37.2. The summed E-state index contributed by atoms with van der Waals surface area (Å²) in [6.45, 7) is 1.17. The maximum absolute atomic E-state index is 14.3. The summed E-state index contributed by atoms with van der Waals surface area (Å²) in [7, 11) is 5.43. The van der Waals surface area contributed by atoms with Crippen LogP contribution in [0.25, 0.3) is 0 Å². The van der Waals surface area contributed by atoms with Crippen molar-refractivity contribution < 1.29 is 14.2 Å². The van der Waals surface area contributed by atoms with Crippen LogP contribution < -0.4 is 5.56 Å². The van der Waals surface area contributed by atoms with E-state index in [-0.39, 0.29) is 4.77 Å². The summed E-state index contributed by atoms with van der Waals surface area (Å²) >= 11 is 4.89. The maximum atomic E-state index is 14.3. The maximum Gasteiger partial charge on any atom is 0.251 e. The van der Waals surface area contributed by atoms with E-state index in [4.69, 9.17) is 24.8 Å². The molecular weight excluding hydrogens is 246 g/mol. The number of hydrogen-bond acceptors (Lipinski definition) is 4. The van der Waals surface area contributed by atoms with Gasteiger partial charge in [0.15, 0.2) is 16.7 Å². The number of alkyl halides is 1. The number of rotatable bonds is 1. The molecule has 2 radical (unpaired) electrons. The molecule has 2 heterocycles. The lowest BCUT2D eigenvalue weighted by Gasteiger charge is -2.25. The lowest BCUT2D eigenvalue weighted by Crippen LogP contribution is -2.40. The molecule has 0 spiro atoms. The van der Waals surface area contributed by atoms with Crippen molar-refractivity contribution in [3.8, 4) is 0 Å². The minimum absolute atomic E-state index is 0.00711. The molecule has 4 unspecified atom stereocenters. The lowest BCUT2D eigenvalue weighted by atomic mass is 9.88. The topological polar surface area (TPSA) is 67.2 Å². The number of H-pyrrole nitrogens is 1. The highest BCUT2D eigenvalue weighted by Gasteiger charge is 2.52. The van der Waals surface area contributed by atoms with Gasteiger partial charge in [0.2, 0.25) is 0 Å². The highest BCUT2D eigenvalue weighted by Crippen LogP contribution is 2.40. The number of aliphatic hydroxyl groups excluding tert-OH is 1. The molecule has 0 saturated carbocycles. The molecule has 1 saturated heterocycles.